The van der Waals surface area contributed by atoms with Gasteiger partial charge in [-0.3, -0.25) is 4.79 Å². The van der Waals surface area contributed by atoms with E-state index in [4.69, 9.17) is 17.3 Å². The van der Waals surface area contributed by atoms with E-state index in [2.05, 4.69) is 0 Å². The van der Waals surface area contributed by atoms with Crippen LogP contribution >= 0.6 is 11.6 Å². The Hall–Kier alpha value is -1.26. The van der Waals surface area contributed by atoms with Crippen molar-refractivity contribution in [3.63, 3.8) is 0 Å². The third-order valence-electron chi connectivity index (χ3n) is 3.58. The van der Waals surface area contributed by atoms with Crippen LogP contribution in [0.5, 0.6) is 5.75 Å². The molecule has 0 spiro atoms. The van der Waals surface area contributed by atoms with Gasteiger partial charge in [0, 0.05) is 19.1 Å². The number of phenolic OH excluding ortho intramolecular Hbond substituents is 1. The van der Waals surface area contributed by atoms with Crippen molar-refractivity contribution in [1.82, 2.24) is 4.90 Å². The summed E-state index contributed by atoms with van der Waals surface area (Å²) in [5, 5.41) is 9.87. The zero-order chi connectivity index (χ0) is 13.8. The maximum atomic E-state index is 12.6. The largest absolute Gasteiger partial charge is 0.508 e. The Balaban J connectivity index is 2.25. The van der Waals surface area contributed by atoms with Gasteiger partial charge in [-0.2, -0.15) is 0 Å². The fourth-order valence-electron chi connectivity index (χ4n) is 2.64. The molecule has 1 aliphatic carbocycles. The molecule has 0 atom stereocenters. The summed E-state index contributed by atoms with van der Waals surface area (Å²) in [4.78, 5) is 14.4. The van der Waals surface area contributed by atoms with E-state index in [0.717, 1.165) is 25.7 Å². The smallest absolute Gasteiger partial charge is 0.255 e. The van der Waals surface area contributed by atoms with Gasteiger partial charge in [0.1, 0.15) is 5.75 Å². The molecular weight excluding hydrogens is 264 g/mol. The fourth-order valence-corrected chi connectivity index (χ4v) is 2.84. The molecule has 104 valence electrons. The van der Waals surface area contributed by atoms with Crippen molar-refractivity contribution in [2.24, 2.45) is 5.73 Å². The molecule has 0 bridgehead atoms. The van der Waals surface area contributed by atoms with Crippen molar-refractivity contribution in [2.75, 3.05) is 13.1 Å². The van der Waals surface area contributed by atoms with E-state index < -0.39 is 0 Å². The Morgan fingerprint density at radius 3 is 2.74 bits per heavy atom. The van der Waals surface area contributed by atoms with Gasteiger partial charge in [-0.25, -0.2) is 0 Å². The summed E-state index contributed by atoms with van der Waals surface area (Å²) in [6.07, 6.45) is 4.32. The molecule has 0 aromatic heterocycles. The molecular formula is C14H19ClN2O2. The van der Waals surface area contributed by atoms with Gasteiger partial charge in [-0.15, -0.1) is 0 Å². The first-order chi connectivity index (χ1) is 9.13. The minimum atomic E-state index is -0.141. The number of hydrogen-bond acceptors (Lipinski definition) is 3. The van der Waals surface area contributed by atoms with Crippen LogP contribution < -0.4 is 5.73 Å². The van der Waals surface area contributed by atoms with Crippen molar-refractivity contribution in [2.45, 2.75) is 31.7 Å². The minimum absolute atomic E-state index is 0.0480. The van der Waals surface area contributed by atoms with Crippen LogP contribution in [-0.2, 0) is 0 Å². The molecule has 19 heavy (non-hydrogen) atoms. The molecule has 3 N–H and O–H groups in total. The molecule has 1 fully saturated rings. The number of hydrogen-bond donors (Lipinski definition) is 2. The van der Waals surface area contributed by atoms with Crippen LogP contribution in [0.1, 0.15) is 36.0 Å². The van der Waals surface area contributed by atoms with Crippen LogP contribution in [0.4, 0.5) is 0 Å². The first-order valence-corrected chi connectivity index (χ1v) is 7.01. The van der Waals surface area contributed by atoms with E-state index in [0.29, 0.717) is 23.7 Å². The van der Waals surface area contributed by atoms with Gasteiger partial charge in [0.25, 0.3) is 5.91 Å². The van der Waals surface area contributed by atoms with Gasteiger partial charge in [-0.05, 0) is 31.0 Å². The lowest BCUT2D eigenvalue weighted by Crippen LogP contribution is -2.42. The summed E-state index contributed by atoms with van der Waals surface area (Å²) in [5.74, 6) is -0.0925. The average Bonchev–Trinajstić information content (AvgIpc) is 2.92. The number of nitrogens with zero attached hydrogens (tertiary/aromatic N) is 1. The van der Waals surface area contributed by atoms with Crippen molar-refractivity contribution in [3.8, 4) is 5.75 Å². The van der Waals surface area contributed by atoms with Gasteiger partial charge in [0.2, 0.25) is 0 Å². The molecule has 0 aliphatic heterocycles. The highest BCUT2D eigenvalue weighted by Crippen LogP contribution is 2.28. The van der Waals surface area contributed by atoms with Gasteiger partial charge in [0.15, 0.2) is 0 Å². The van der Waals surface area contributed by atoms with Crippen molar-refractivity contribution in [3.05, 3.63) is 28.8 Å². The molecule has 2 rings (SSSR count). The maximum Gasteiger partial charge on any atom is 0.255 e. The highest BCUT2D eigenvalue weighted by Gasteiger charge is 2.28. The zero-order valence-electron chi connectivity index (χ0n) is 10.8. The summed E-state index contributed by atoms with van der Waals surface area (Å²) in [6, 6.07) is 4.68. The molecule has 4 nitrogen and oxygen atoms in total. The summed E-state index contributed by atoms with van der Waals surface area (Å²) < 4.78 is 0. The van der Waals surface area contributed by atoms with Crippen LogP contribution in [0.2, 0.25) is 5.02 Å². The molecule has 1 aromatic rings. The van der Waals surface area contributed by atoms with Crippen LogP contribution in [0.15, 0.2) is 18.2 Å². The highest BCUT2D eigenvalue weighted by molar-refractivity contribution is 6.33. The van der Waals surface area contributed by atoms with Crippen molar-refractivity contribution < 1.29 is 9.90 Å². The van der Waals surface area contributed by atoms with Crippen LogP contribution in [0, 0.1) is 0 Å². The van der Waals surface area contributed by atoms with Gasteiger partial charge in [-0.1, -0.05) is 24.4 Å². The van der Waals surface area contributed by atoms with Crippen molar-refractivity contribution >= 4 is 17.5 Å². The Bertz CT molecular complexity index is 459. The van der Waals surface area contributed by atoms with Gasteiger partial charge < -0.3 is 15.7 Å². The first kappa shape index (κ1) is 14.2. The highest BCUT2D eigenvalue weighted by atomic mass is 35.5. The molecule has 0 heterocycles. The number of amides is 1. The SMILES string of the molecule is NCCN(C(=O)c1cc(O)ccc1Cl)C1CCCC1. The second kappa shape index (κ2) is 6.26. The second-order valence-electron chi connectivity index (χ2n) is 4.89. The van der Waals surface area contributed by atoms with Gasteiger partial charge >= 0.3 is 0 Å². The number of carbonyl (C=O) groups is 1. The normalized spacial score (nSPS) is 15.7. The lowest BCUT2D eigenvalue weighted by Gasteiger charge is -2.29. The summed E-state index contributed by atoms with van der Waals surface area (Å²) in [7, 11) is 0. The summed E-state index contributed by atoms with van der Waals surface area (Å²) in [6.45, 7) is 0.953. The Kier molecular flexibility index (Phi) is 4.66. The molecule has 1 amide bonds. The van der Waals surface area contributed by atoms with Gasteiger partial charge in [0.05, 0.1) is 10.6 Å². The Labute approximate surface area is 118 Å². The number of benzene rings is 1. The second-order valence-corrected chi connectivity index (χ2v) is 5.30. The molecule has 0 radical (unpaired) electrons. The van der Waals surface area contributed by atoms with Crippen LogP contribution in [-0.4, -0.2) is 35.0 Å². The third-order valence-corrected chi connectivity index (χ3v) is 3.91. The van der Waals surface area contributed by atoms with Crippen molar-refractivity contribution in [1.29, 1.82) is 0 Å². The predicted molar refractivity (Wildman–Crippen MR) is 75.5 cm³/mol. The Morgan fingerprint density at radius 1 is 1.42 bits per heavy atom. The van der Waals surface area contributed by atoms with E-state index in [1.54, 1.807) is 11.0 Å². The number of phenols is 1. The monoisotopic (exact) mass is 282 g/mol. The minimum Gasteiger partial charge on any atom is -0.508 e. The summed E-state index contributed by atoms with van der Waals surface area (Å²) in [5.41, 5.74) is 5.95. The van der Waals surface area contributed by atoms with Crippen LogP contribution in [0.25, 0.3) is 0 Å². The maximum absolute atomic E-state index is 12.6. The van der Waals surface area contributed by atoms with E-state index in [1.807, 2.05) is 0 Å². The molecule has 1 saturated carbocycles. The first-order valence-electron chi connectivity index (χ1n) is 6.63. The topological polar surface area (TPSA) is 66.6 Å². The van der Waals surface area contributed by atoms with Crippen LogP contribution in [0.3, 0.4) is 0 Å². The number of carbonyl (C=O) groups excluding carboxylic acids is 1. The predicted octanol–water partition coefficient (Wildman–Crippen LogP) is 2.39. The molecule has 1 aliphatic rings. The number of rotatable bonds is 4. The van der Waals surface area contributed by atoms with E-state index in [9.17, 15) is 9.90 Å². The lowest BCUT2D eigenvalue weighted by molar-refractivity contribution is 0.0688. The number of nitrogens with two attached hydrogens (primary N) is 1. The Morgan fingerprint density at radius 2 is 2.11 bits per heavy atom. The standard InChI is InChI=1S/C14H19ClN2O2/c15-13-6-5-11(18)9-12(13)14(19)17(8-7-16)10-3-1-2-4-10/h5-6,9-10,18H,1-4,7-8,16H2. The third kappa shape index (κ3) is 3.19. The molecule has 0 saturated heterocycles. The average molecular weight is 283 g/mol. The number of aromatic hydroxyl groups is 1. The molecule has 1 aromatic carbocycles. The lowest BCUT2D eigenvalue weighted by atomic mass is 10.1. The molecule has 0 unspecified atom stereocenters. The zero-order valence-corrected chi connectivity index (χ0v) is 11.6. The number of halogens is 1. The quantitative estimate of drug-likeness (QED) is 0.891. The fraction of sp³-hybridized carbons (Fsp3) is 0.500. The van der Waals surface area contributed by atoms with E-state index in [-0.39, 0.29) is 17.7 Å². The van der Waals surface area contributed by atoms with E-state index >= 15 is 0 Å². The van der Waals surface area contributed by atoms with E-state index in [1.165, 1.54) is 12.1 Å². The molecule has 5 heteroatoms. The summed E-state index contributed by atoms with van der Waals surface area (Å²) >= 11 is 6.05.